The van der Waals surface area contributed by atoms with Crippen LogP contribution < -0.4 is 5.32 Å². The number of tetrazole rings is 1. The molecule has 1 atom stereocenters. The highest BCUT2D eigenvalue weighted by molar-refractivity contribution is 6.31. The normalized spacial score (nSPS) is 12.1. The summed E-state index contributed by atoms with van der Waals surface area (Å²) >= 11 is 6.01. The molecule has 23 heavy (non-hydrogen) atoms. The van der Waals surface area contributed by atoms with Crippen molar-refractivity contribution >= 4 is 17.5 Å². The summed E-state index contributed by atoms with van der Waals surface area (Å²) in [7, 11) is 0. The lowest BCUT2D eigenvalue weighted by molar-refractivity contribution is 0.0942. The Morgan fingerprint density at radius 1 is 1.43 bits per heavy atom. The largest absolute Gasteiger partial charge is 0.396 e. The second kappa shape index (κ2) is 8.59. The molecular weight excluding hydrogens is 318 g/mol. The number of aliphatic hydroxyl groups is 1. The Hall–Kier alpha value is -1.99. The van der Waals surface area contributed by atoms with Crippen molar-refractivity contribution in [1.29, 1.82) is 0 Å². The van der Waals surface area contributed by atoms with E-state index in [0.717, 1.165) is 12.8 Å². The molecule has 0 aliphatic heterocycles. The van der Waals surface area contributed by atoms with Gasteiger partial charge in [-0.05, 0) is 47.4 Å². The van der Waals surface area contributed by atoms with Gasteiger partial charge in [0.05, 0.1) is 11.3 Å². The fourth-order valence-electron chi connectivity index (χ4n) is 2.43. The Morgan fingerprint density at radius 3 is 2.91 bits per heavy atom. The fraction of sp³-hybridized carbons (Fsp3) is 0.467. The van der Waals surface area contributed by atoms with Gasteiger partial charge in [-0.3, -0.25) is 4.79 Å². The summed E-state index contributed by atoms with van der Waals surface area (Å²) in [6.45, 7) is 2.71. The van der Waals surface area contributed by atoms with Gasteiger partial charge < -0.3 is 10.4 Å². The van der Waals surface area contributed by atoms with Crippen LogP contribution in [0.1, 0.15) is 36.5 Å². The van der Waals surface area contributed by atoms with Crippen molar-refractivity contribution < 1.29 is 9.90 Å². The zero-order chi connectivity index (χ0) is 16.7. The molecule has 1 amide bonds. The first-order chi connectivity index (χ1) is 11.2. The minimum atomic E-state index is -0.239. The lowest BCUT2D eigenvalue weighted by Crippen LogP contribution is -2.30. The molecule has 2 rings (SSSR count). The van der Waals surface area contributed by atoms with Gasteiger partial charge in [-0.1, -0.05) is 24.9 Å². The molecule has 2 N–H and O–H groups in total. The van der Waals surface area contributed by atoms with E-state index in [-0.39, 0.29) is 18.4 Å². The Kier molecular flexibility index (Phi) is 6.49. The van der Waals surface area contributed by atoms with Crippen LogP contribution in [0.5, 0.6) is 0 Å². The monoisotopic (exact) mass is 337 g/mol. The lowest BCUT2D eigenvalue weighted by Gasteiger charge is -2.16. The third kappa shape index (κ3) is 4.74. The van der Waals surface area contributed by atoms with Gasteiger partial charge in [0.1, 0.15) is 6.33 Å². The van der Waals surface area contributed by atoms with Crippen LogP contribution in [0.3, 0.4) is 0 Å². The smallest absolute Gasteiger partial charge is 0.253 e. The van der Waals surface area contributed by atoms with Gasteiger partial charge in [0, 0.05) is 18.2 Å². The van der Waals surface area contributed by atoms with Crippen molar-refractivity contribution in [3.05, 3.63) is 35.1 Å². The third-order valence-electron chi connectivity index (χ3n) is 3.58. The van der Waals surface area contributed by atoms with Crippen LogP contribution in [0, 0.1) is 5.92 Å². The summed E-state index contributed by atoms with van der Waals surface area (Å²) in [6, 6.07) is 4.97. The second-order valence-corrected chi connectivity index (χ2v) is 5.73. The van der Waals surface area contributed by atoms with Crippen molar-refractivity contribution in [2.45, 2.75) is 26.2 Å². The summed E-state index contributed by atoms with van der Waals surface area (Å²) < 4.78 is 1.42. The number of nitrogens with zero attached hydrogens (tertiary/aromatic N) is 4. The van der Waals surface area contributed by atoms with Crippen LogP contribution in [0.25, 0.3) is 5.69 Å². The molecule has 0 bridgehead atoms. The number of hydrogen-bond acceptors (Lipinski definition) is 5. The zero-order valence-corrected chi connectivity index (χ0v) is 13.7. The molecule has 0 aliphatic rings. The average Bonchev–Trinajstić information content (AvgIpc) is 3.07. The van der Waals surface area contributed by atoms with Crippen molar-refractivity contribution in [2.24, 2.45) is 5.92 Å². The number of carbonyl (C=O) groups is 1. The van der Waals surface area contributed by atoms with Gasteiger partial charge in [0.15, 0.2) is 0 Å². The van der Waals surface area contributed by atoms with Crippen molar-refractivity contribution in [2.75, 3.05) is 13.2 Å². The topological polar surface area (TPSA) is 92.9 Å². The van der Waals surface area contributed by atoms with Crippen molar-refractivity contribution in [1.82, 2.24) is 25.5 Å². The van der Waals surface area contributed by atoms with Gasteiger partial charge in [-0.2, -0.15) is 4.68 Å². The molecule has 1 heterocycles. The molecule has 2 aromatic rings. The molecule has 0 spiro atoms. The molecule has 0 saturated heterocycles. The van der Waals surface area contributed by atoms with E-state index in [1.807, 2.05) is 0 Å². The van der Waals surface area contributed by atoms with E-state index < -0.39 is 0 Å². The number of benzene rings is 1. The van der Waals surface area contributed by atoms with Crippen LogP contribution in [0.4, 0.5) is 0 Å². The predicted molar refractivity (Wildman–Crippen MR) is 86.6 cm³/mol. The molecule has 7 nitrogen and oxygen atoms in total. The number of hydrogen-bond donors (Lipinski definition) is 2. The molecule has 1 aromatic carbocycles. The summed E-state index contributed by atoms with van der Waals surface area (Å²) in [5, 5.41) is 23.4. The standard InChI is InChI=1S/C15H20ClN5O2/c1-2-3-11(6-7-22)9-17-15(23)13-8-12(16)4-5-14(13)21-10-18-19-20-21/h4-5,8,10-11,22H,2-3,6-7,9H2,1H3,(H,17,23). The Balaban J connectivity index is 2.14. The van der Waals surface area contributed by atoms with E-state index in [1.165, 1.54) is 11.0 Å². The fourth-order valence-corrected chi connectivity index (χ4v) is 2.61. The van der Waals surface area contributed by atoms with Gasteiger partial charge in [-0.15, -0.1) is 5.10 Å². The first-order valence-electron chi connectivity index (χ1n) is 7.57. The van der Waals surface area contributed by atoms with E-state index >= 15 is 0 Å². The summed E-state index contributed by atoms with van der Waals surface area (Å²) in [5.41, 5.74) is 0.968. The summed E-state index contributed by atoms with van der Waals surface area (Å²) in [5.74, 6) is 0.0154. The second-order valence-electron chi connectivity index (χ2n) is 5.29. The first kappa shape index (κ1) is 17.4. The zero-order valence-electron chi connectivity index (χ0n) is 12.9. The van der Waals surface area contributed by atoms with Crippen LogP contribution in [-0.4, -0.2) is 44.4 Å². The molecule has 0 radical (unpaired) electrons. The molecule has 1 unspecified atom stereocenters. The molecule has 1 aromatic heterocycles. The molecule has 8 heteroatoms. The maximum Gasteiger partial charge on any atom is 0.253 e. The van der Waals surface area contributed by atoms with E-state index in [9.17, 15) is 4.79 Å². The molecule has 0 saturated carbocycles. The Morgan fingerprint density at radius 2 is 2.26 bits per heavy atom. The number of rotatable bonds is 8. The maximum absolute atomic E-state index is 12.5. The minimum absolute atomic E-state index is 0.119. The van der Waals surface area contributed by atoms with Gasteiger partial charge >= 0.3 is 0 Å². The van der Waals surface area contributed by atoms with Gasteiger partial charge in [0.25, 0.3) is 5.91 Å². The van der Waals surface area contributed by atoms with Crippen LogP contribution in [0.2, 0.25) is 5.02 Å². The van der Waals surface area contributed by atoms with E-state index in [0.29, 0.717) is 29.2 Å². The van der Waals surface area contributed by atoms with E-state index in [1.54, 1.807) is 18.2 Å². The maximum atomic E-state index is 12.5. The highest BCUT2D eigenvalue weighted by Gasteiger charge is 2.16. The summed E-state index contributed by atoms with van der Waals surface area (Å²) in [6.07, 6.45) is 4.05. The third-order valence-corrected chi connectivity index (χ3v) is 3.82. The minimum Gasteiger partial charge on any atom is -0.396 e. The summed E-state index contributed by atoms with van der Waals surface area (Å²) in [4.78, 5) is 12.5. The highest BCUT2D eigenvalue weighted by atomic mass is 35.5. The average molecular weight is 338 g/mol. The molecule has 0 aliphatic carbocycles. The highest BCUT2D eigenvalue weighted by Crippen LogP contribution is 2.19. The van der Waals surface area contributed by atoms with Crippen LogP contribution in [0.15, 0.2) is 24.5 Å². The van der Waals surface area contributed by atoms with Crippen LogP contribution >= 0.6 is 11.6 Å². The molecular formula is C15H20ClN5O2. The first-order valence-corrected chi connectivity index (χ1v) is 7.95. The van der Waals surface area contributed by atoms with E-state index in [4.69, 9.17) is 16.7 Å². The van der Waals surface area contributed by atoms with Gasteiger partial charge in [0.2, 0.25) is 0 Å². The number of aliphatic hydroxyl groups excluding tert-OH is 1. The number of aromatic nitrogens is 4. The lowest BCUT2D eigenvalue weighted by atomic mass is 10.00. The van der Waals surface area contributed by atoms with E-state index in [2.05, 4.69) is 27.8 Å². The molecule has 0 fully saturated rings. The van der Waals surface area contributed by atoms with Crippen LogP contribution in [-0.2, 0) is 0 Å². The number of amides is 1. The number of halogens is 1. The quantitative estimate of drug-likeness (QED) is 0.766. The van der Waals surface area contributed by atoms with Gasteiger partial charge in [-0.25, -0.2) is 0 Å². The molecule has 124 valence electrons. The van der Waals surface area contributed by atoms with Crippen molar-refractivity contribution in [3.63, 3.8) is 0 Å². The Bertz CT molecular complexity index is 627. The number of carbonyl (C=O) groups excluding carboxylic acids is 1. The van der Waals surface area contributed by atoms with Crippen molar-refractivity contribution in [3.8, 4) is 5.69 Å². The number of nitrogens with one attached hydrogen (secondary N) is 1. The Labute approximate surface area is 139 Å². The predicted octanol–water partition coefficient (Wildman–Crippen LogP) is 1.84. The SMILES string of the molecule is CCCC(CCO)CNC(=O)c1cc(Cl)ccc1-n1cnnn1.